The normalized spacial score (nSPS) is 23.9. The zero-order chi connectivity index (χ0) is 8.39. The fraction of sp³-hybridized carbons (Fsp3) is 0.667. The zero-order valence-electron chi connectivity index (χ0n) is 7.51. The highest BCUT2D eigenvalue weighted by Crippen LogP contribution is 2.13. The second kappa shape index (κ2) is 3.27. The summed E-state index contributed by atoms with van der Waals surface area (Å²) < 4.78 is 0. The van der Waals surface area contributed by atoms with E-state index in [1.54, 1.807) is 0 Å². The van der Waals surface area contributed by atoms with E-state index in [9.17, 15) is 0 Å². The number of rotatable bonds is 0. The van der Waals surface area contributed by atoms with E-state index in [2.05, 4.69) is 22.1 Å². The van der Waals surface area contributed by atoms with Crippen LogP contribution in [-0.2, 0) is 0 Å². The van der Waals surface area contributed by atoms with Crippen molar-refractivity contribution in [3.8, 4) is 0 Å². The molecule has 0 aromatic carbocycles. The number of hydrogen-bond donors (Lipinski definition) is 1. The molecule has 3 heteroatoms. The zero-order valence-corrected chi connectivity index (χ0v) is 7.51. The van der Waals surface area contributed by atoms with Crippen LogP contribution in [0.25, 0.3) is 0 Å². The molecule has 0 atom stereocenters. The van der Waals surface area contributed by atoms with Gasteiger partial charge in [0.25, 0.3) is 0 Å². The molecule has 3 nitrogen and oxygen atoms in total. The Balaban J connectivity index is 1.93. The van der Waals surface area contributed by atoms with Gasteiger partial charge in [-0.2, -0.15) is 0 Å². The van der Waals surface area contributed by atoms with Crippen LogP contribution in [0.2, 0.25) is 0 Å². The van der Waals surface area contributed by atoms with E-state index in [1.807, 2.05) is 6.20 Å². The molecule has 66 valence electrons. The van der Waals surface area contributed by atoms with E-state index >= 15 is 0 Å². The summed E-state index contributed by atoms with van der Waals surface area (Å²) in [5.74, 6) is 1.26. The lowest BCUT2D eigenvalue weighted by atomic mass is 10.2. The summed E-state index contributed by atoms with van der Waals surface area (Å²) in [6, 6.07) is 0. The van der Waals surface area contributed by atoms with E-state index in [4.69, 9.17) is 0 Å². The Kier molecular flexibility index (Phi) is 2.13. The lowest BCUT2D eigenvalue weighted by Crippen LogP contribution is -2.46. The molecule has 0 amide bonds. The van der Waals surface area contributed by atoms with Crippen molar-refractivity contribution in [3.63, 3.8) is 0 Å². The van der Waals surface area contributed by atoms with Crippen molar-refractivity contribution in [2.45, 2.75) is 13.3 Å². The molecule has 2 heterocycles. The Hall–Kier alpha value is -0.830. The molecule has 0 unspecified atom stereocenters. The fourth-order valence-electron chi connectivity index (χ4n) is 1.64. The lowest BCUT2D eigenvalue weighted by Gasteiger charge is -2.29. The molecule has 1 N–H and O–H groups in total. The minimum atomic E-state index is 1.06. The van der Waals surface area contributed by atoms with Crippen LogP contribution in [0.3, 0.4) is 0 Å². The smallest absolute Gasteiger partial charge is 0.108 e. The van der Waals surface area contributed by atoms with E-state index in [0.29, 0.717) is 0 Å². The Bertz CT molecular complexity index is 224. The first-order valence-corrected chi connectivity index (χ1v) is 4.54. The van der Waals surface area contributed by atoms with Gasteiger partial charge in [0.1, 0.15) is 5.84 Å². The molecule has 0 aromatic heterocycles. The summed E-state index contributed by atoms with van der Waals surface area (Å²) >= 11 is 0. The van der Waals surface area contributed by atoms with Gasteiger partial charge in [-0.15, -0.1) is 0 Å². The van der Waals surface area contributed by atoms with Crippen LogP contribution in [0.15, 0.2) is 16.8 Å². The Morgan fingerprint density at radius 2 is 2.17 bits per heavy atom. The largest absolute Gasteiger partial charge is 0.357 e. The van der Waals surface area contributed by atoms with Crippen LogP contribution in [0.5, 0.6) is 0 Å². The molecule has 0 spiro atoms. The number of piperazine rings is 1. The van der Waals surface area contributed by atoms with Gasteiger partial charge in [0.2, 0.25) is 0 Å². The van der Waals surface area contributed by atoms with Crippen molar-refractivity contribution in [2.75, 3.05) is 26.2 Å². The Labute approximate surface area is 73.2 Å². The molecule has 0 bridgehead atoms. The van der Waals surface area contributed by atoms with E-state index in [1.165, 1.54) is 11.4 Å². The molecule has 2 aliphatic rings. The van der Waals surface area contributed by atoms with Crippen molar-refractivity contribution >= 4 is 5.84 Å². The minimum absolute atomic E-state index is 1.06. The van der Waals surface area contributed by atoms with Crippen molar-refractivity contribution < 1.29 is 0 Å². The molecule has 1 saturated heterocycles. The van der Waals surface area contributed by atoms with Crippen LogP contribution in [0.4, 0.5) is 0 Å². The number of nitrogens with zero attached hydrogens (tertiary/aromatic N) is 2. The summed E-state index contributed by atoms with van der Waals surface area (Å²) in [6.07, 6.45) is 3.04. The van der Waals surface area contributed by atoms with Gasteiger partial charge in [0, 0.05) is 38.8 Å². The predicted molar refractivity (Wildman–Crippen MR) is 50.3 cm³/mol. The summed E-state index contributed by atoms with van der Waals surface area (Å²) in [5.41, 5.74) is 1.38. The van der Waals surface area contributed by atoms with Crippen LogP contribution in [-0.4, -0.2) is 36.9 Å². The first kappa shape index (κ1) is 7.80. The monoisotopic (exact) mass is 165 g/mol. The summed E-state index contributed by atoms with van der Waals surface area (Å²) in [6.45, 7) is 6.55. The first-order chi connectivity index (χ1) is 5.86. The number of aliphatic imine (C=N–C) groups is 1. The molecule has 2 aliphatic heterocycles. The van der Waals surface area contributed by atoms with E-state index < -0.39 is 0 Å². The van der Waals surface area contributed by atoms with Crippen LogP contribution >= 0.6 is 0 Å². The molecule has 0 aromatic rings. The van der Waals surface area contributed by atoms with Crippen LogP contribution in [0.1, 0.15) is 13.3 Å². The molecular weight excluding hydrogens is 150 g/mol. The third-order valence-electron chi connectivity index (χ3n) is 2.35. The second-order valence-corrected chi connectivity index (χ2v) is 3.43. The molecular formula is C9H15N3. The predicted octanol–water partition coefficient (Wildman–Crippen LogP) is 0.598. The number of amidine groups is 1. The van der Waals surface area contributed by atoms with Crippen molar-refractivity contribution in [3.05, 3.63) is 11.8 Å². The molecule has 0 saturated carbocycles. The average Bonchev–Trinajstić information content (AvgIpc) is 2.54. The maximum Gasteiger partial charge on any atom is 0.108 e. The van der Waals surface area contributed by atoms with E-state index in [0.717, 1.165) is 32.6 Å². The van der Waals surface area contributed by atoms with Crippen LogP contribution in [0, 0.1) is 0 Å². The third kappa shape index (κ3) is 1.50. The molecule has 1 fully saturated rings. The average molecular weight is 165 g/mol. The minimum Gasteiger partial charge on any atom is -0.357 e. The lowest BCUT2D eigenvalue weighted by molar-refractivity contribution is 0.354. The Morgan fingerprint density at radius 1 is 1.42 bits per heavy atom. The van der Waals surface area contributed by atoms with Crippen molar-refractivity contribution in [2.24, 2.45) is 4.99 Å². The topological polar surface area (TPSA) is 27.6 Å². The highest BCUT2D eigenvalue weighted by atomic mass is 15.2. The number of hydrogen-bond acceptors (Lipinski definition) is 3. The summed E-state index contributed by atoms with van der Waals surface area (Å²) in [5, 5.41) is 3.34. The third-order valence-corrected chi connectivity index (χ3v) is 2.35. The van der Waals surface area contributed by atoms with Crippen molar-refractivity contribution in [1.29, 1.82) is 0 Å². The standard InChI is InChI=1S/C9H15N3/c1-8-6-9(11-7-8)12-4-2-10-3-5-12/h7,10H,2-6H2,1H3. The molecule has 0 radical (unpaired) electrons. The molecule has 0 aliphatic carbocycles. The van der Waals surface area contributed by atoms with Gasteiger partial charge in [0.15, 0.2) is 0 Å². The van der Waals surface area contributed by atoms with Gasteiger partial charge in [0.05, 0.1) is 0 Å². The Morgan fingerprint density at radius 3 is 2.75 bits per heavy atom. The maximum absolute atomic E-state index is 4.39. The number of nitrogens with one attached hydrogen (secondary N) is 1. The van der Waals surface area contributed by atoms with E-state index in [-0.39, 0.29) is 0 Å². The molecule has 2 rings (SSSR count). The summed E-state index contributed by atoms with van der Waals surface area (Å²) in [4.78, 5) is 6.77. The second-order valence-electron chi connectivity index (χ2n) is 3.43. The maximum atomic E-state index is 4.39. The molecule has 12 heavy (non-hydrogen) atoms. The summed E-state index contributed by atoms with van der Waals surface area (Å²) in [7, 11) is 0. The van der Waals surface area contributed by atoms with Gasteiger partial charge in [-0.3, -0.25) is 0 Å². The highest BCUT2D eigenvalue weighted by molar-refractivity contribution is 5.87. The van der Waals surface area contributed by atoms with Gasteiger partial charge < -0.3 is 10.2 Å². The van der Waals surface area contributed by atoms with Gasteiger partial charge >= 0.3 is 0 Å². The van der Waals surface area contributed by atoms with Gasteiger partial charge in [-0.1, -0.05) is 0 Å². The fourth-order valence-corrected chi connectivity index (χ4v) is 1.64. The van der Waals surface area contributed by atoms with Gasteiger partial charge in [-0.25, -0.2) is 4.99 Å². The van der Waals surface area contributed by atoms with Crippen LogP contribution < -0.4 is 5.32 Å². The highest BCUT2D eigenvalue weighted by Gasteiger charge is 2.16. The first-order valence-electron chi connectivity index (χ1n) is 4.54. The quantitative estimate of drug-likeness (QED) is 0.569. The van der Waals surface area contributed by atoms with Gasteiger partial charge in [-0.05, 0) is 12.5 Å². The van der Waals surface area contributed by atoms with Crippen molar-refractivity contribution in [1.82, 2.24) is 10.2 Å². The SMILES string of the molecule is CC1=CN=C(N2CCNCC2)C1.